The molecule has 3 fully saturated rings. The second-order valence-electron chi connectivity index (χ2n) is 8.74. The molecule has 5 aliphatic rings. The molecule has 158 valence electrons. The van der Waals surface area contributed by atoms with Crippen LogP contribution in [0.3, 0.4) is 0 Å². The fourth-order valence-electron chi connectivity index (χ4n) is 5.63. The normalized spacial score (nSPS) is 30.2. The predicted octanol–water partition coefficient (Wildman–Crippen LogP) is 2.58. The summed E-state index contributed by atoms with van der Waals surface area (Å²) in [7, 11) is 0. The van der Waals surface area contributed by atoms with E-state index in [9.17, 15) is 14.4 Å². The number of benzene rings is 1. The molecule has 6 nitrogen and oxygen atoms in total. The third-order valence-electron chi connectivity index (χ3n) is 7.23. The molecule has 1 aromatic carbocycles. The number of piperazine rings is 1. The number of halogens is 1. The minimum atomic E-state index is -0.199. The molecule has 0 unspecified atom stereocenters. The van der Waals surface area contributed by atoms with Crippen molar-refractivity contribution in [3.63, 3.8) is 0 Å². The Kier molecular flexibility index (Phi) is 5.05. The van der Waals surface area contributed by atoms with Gasteiger partial charge in [-0.25, -0.2) is 0 Å². The molecule has 7 heteroatoms. The molecular weight excluding hydrogens is 402 g/mol. The Morgan fingerprint density at radius 2 is 1.53 bits per heavy atom. The zero-order chi connectivity index (χ0) is 20.8. The summed E-state index contributed by atoms with van der Waals surface area (Å²) in [5, 5.41) is 0.716. The predicted molar refractivity (Wildman–Crippen MR) is 114 cm³/mol. The topological polar surface area (TPSA) is 60.9 Å². The molecule has 0 spiro atoms. The van der Waals surface area contributed by atoms with Gasteiger partial charge in [0.2, 0.25) is 17.7 Å². The van der Waals surface area contributed by atoms with Gasteiger partial charge in [0.15, 0.2) is 0 Å². The highest BCUT2D eigenvalue weighted by Gasteiger charge is 2.56. The van der Waals surface area contributed by atoms with E-state index in [-0.39, 0.29) is 54.4 Å². The number of para-hydroxylation sites is 1. The third kappa shape index (κ3) is 3.22. The monoisotopic (exact) mass is 427 g/mol. The number of nitrogens with zero attached hydrogens (tertiary/aromatic N) is 3. The lowest BCUT2D eigenvalue weighted by molar-refractivity contribution is -0.141. The minimum absolute atomic E-state index is 0.00498. The number of amides is 3. The molecule has 0 radical (unpaired) electrons. The standard InChI is InChI=1S/C23H26ClN3O3/c24-17-3-1-2-4-18(17)25-11-13-26(14-12-25)19(28)9-10-27-22(29)20-15-5-6-16(8-7-15)21(20)23(27)30/h1-6,15-16,20-21H,7-14H2/t15-,16-,20+,21+/m0/s1. The molecule has 2 saturated heterocycles. The lowest BCUT2D eigenvalue weighted by Gasteiger charge is -2.38. The Labute approximate surface area is 181 Å². The summed E-state index contributed by atoms with van der Waals surface area (Å²) in [6.45, 7) is 2.87. The fourth-order valence-corrected chi connectivity index (χ4v) is 5.88. The van der Waals surface area contributed by atoms with E-state index in [1.165, 1.54) is 4.90 Å². The molecule has 2 bridgehead atoms. The second kappa shape index (κ2) is 7.73. The summed E-state index contributed by atoms with van der Waals surface area (Å²) in [4.78, 5) is 43.9. The maximum atomic E-state index is 12.9. The van der Waals surface area contributed by atoms with Crippen LogP contribution < -0.4 is 4.90 Å². The summed E-state index contributed by atoms with van der Waals surface area (Å²) in [5.74, 6) is -0.151. The number of hydrogen-bond acceptors (Lipinski definition) is 4. The molecule has 0 aromatic heterocycles. The fraction of sp³-hybridized carbons (Fsp3) is 0.522. The third-order valence-corrected chi connectivity index (χ3v) is 7.55. The van der Waals surface area contributed by atoms with Gasteiger partial charge >= 0.3 is 0 Å². The molecule has 30 heavy (non-hydrogen) atoms. The van der Waals surface area contributed by atoms with Crippen molar-refractivity contribution in [3.8, 4) is 0 Å². The van der Waals surface area contributed by atoms with Crippen molar-refractivity contribution in [2.24, 2.45) is 23.7 Å². The number of carbonyl (C=O) groups excluding carboxylic acids is 3. The molecule has 1 saturated carbocycles. The summed E-state index contributed by atoms with van der Waals surface area (Å²) < 4.78 is 0. The van der Waals surface area contributed by atoms with Gasteiger partial charge in [-0.15, -0.1) is 0 Å². The van der Waals surface area contributed by atoms with Gasteiger partial charge < -0.3 is 9.80 Å². The van der Waals surface area contributed by atoms with Crippen molar-refractivity contribution < 1.29 is 14.4 Å². The first-order chi connectivity index (χ1) is 14.5. The van der Waals surface area contributed by atoms with Gasteiger partial charge in [-0.3, -0.25) is 19.3 Å². The lowest BCUT2D eigenvalue weighted by Crippen LogP contribution is -2.49. The summed E-state index contributed by atoms with van der Waals surface area (Å²) in [6, 6.07) is 7.73. The van der Waals surface area contributed by atoms with Crippen molar-refractivity contribution in [1.29, 1.82) is 0 Å². The van der Waals surface area contributed by atoms with E-state index in [0.29, 0.717) is 18.1 Å². The Morgan fingerprint density at radius 1 is 0.933 bits per heavy atom. The zero-order valence-electron chi connectivity index (χ0n) is 16.9. The molecule has 3 amide bonds. The van der Waals surface area contributed by atoms with Crippen molar-refractivity contribution >= 4 is 35.0 Å². The highest BCUT2D eigenvalue weighted by molar-refractivity contribution is 6.33. The van der Waals surface area contributed by atoms with E-state index in [0.717, 1.165) is 31.6 Å². The van der Waals surface area contributed by atoms with Crippen molar-refractivity contribution in [1.82, 2.24) is 9.80 Å². The van der Waals surface area contributed by atoms with Crippen molar-refractivity contribution in [3.05, 3.63) is 41.4 Å². The van der Waals surface area contributed by atoms with Crippen LogP contribution in [-0.4, -0.2) is 60.2 Å². The van der Waals surface area contributed by atoms with Gasteiger partial charge in [0.05, 0.1) is 22.5 Å². The first kappa shape index (κ1) is 19.6. The Hall–Kier alpha value is -2.34. The van der Waals surface area contributed by atoms with Gasteiger partial charge in [-0.05, 0) is 36.8 Å². The maximum Gasteiger partial charge on any atom is 0.233 e. The van der Waals surface area contributed by atoms with Crippen LogP contribution in [0.4, 0.5) is 5.69 Å². The Balaban J connectivity index is 1.16. The minimum Gasteiger partial charge on any atom is -0.367 e. The van der Waals surface area contributed by atoms with Crippen LogP contribution in [0.15, 0.2) is 36.4 Å². The van der Waals surface area contributed by atoms with Crippen LogP contribution in [0.5, 0.6) is 0 Å². The van der Waals surface area contributed by atoms with Crippen LogP contribution >= 0.6 is 11.6 Å². The average Bonchev–Trinajstić information content (AvgIpc) is 3.05. The van der Waals surface area contributed by atoms with Crippen LogP contribution in [0.2, 0.25) is 5.02 Å². The first-order valence-electron chi connectivity index (χ1n) is 10.9. The van der Waals surface area contributed by atoms with Gasteiger partial charge in [-0.2, -0.15) is 0 Å². The molecular formula is C23H26ClN3O3. The molecule has 6 rings (SSSR count). The molecule has 3 aliphatic carbocycles. The summed E-state index contributed by atoms with van der Waals surface area (Å²) in [5.41, 5.74) is 0.991. The van der Waals surface area contributed by atoms with Crippen molar-refractivity contribution in [2.45, 2.75) is 19.3 Å². The summed E-state index contributed by atoms with van der Waals surface area (Å²) >= 11 is 6.29. The number of imide groups is 1. The number of likely N-dealkylation sites (tertiary alicyclic amines) is 1. The van der Waals surface area contributed by atoms with E-state index >= 15 is 0 Å². The zero-order valence-corrected chi connectivity index (χ0v) is 17.6. The van der Waals surface area contributed by atoms with E-state index in [2.05, 4.69) is 17.1 Å². The number of anilines is 1. The van der Waals surface area contributed by atoms with Crippen LogP contribution in [0.25, 0.3) is 0 Å². The molecule has 4 atom stereocenters. The Morgan fingerprint density at radius 3 is 2.10 bits per heavy atom. The first-order valence-corrected chi connectivity index (χ1v) is 11.2. The SMILES string of the molecule is O=C(CCN1C(=O)[C@H]2[C@H](C1=O)[C@H]1C=C[C@H]2CC1)N1CCN(c2ccccc2Cl)CC1. The number of fused-ring (bicyclic) bond motifs is 1. The second-order valence-corrected chi connectivity index (χ2v) is 9.15. The van der Waals surface area contributed by atoms with Crippen LogP contribution in [0, 0.1) is 23.7 Å². The number of rotatable bonds is 4. The highest BCUT2D eigenvalue weighted by atomic mass is 35.5. The number of hydrogen-bond donors (Lipinski definition) is 0. The van der Waals surface area contributed by atoms with E-state index in [1.807, 2.05) is 29.2 Å². The molecule has 2 aliphatic heterocycles. The maximum absolute atomic E-state index is 12.9. The van der Waals surface area contributed by atoms with E-state index < -0.39 is 0 Å². The van der Waals surface area contributed by atoms with Crippen molar-refractivity contribution in [2.75, 3.05) is 37.6 Å². The highest BCUT2D eigenvalue weighted by Crippen LogP contribution is 2.49. The van der Waals surface area contributed by atoms with Gasteiger partial charge in [0, 0.05) is 39.1 Å². The van der Waals surface area contributed by atoms with Gasteiger partial charge in [0.1, 0.15) is 0 Å². The van der Waals surface area contributed by atoms with Gasteiger partial charge in [-0.1, -0.05) is 35.9 Å². The number of allylic oxidation sites excluding steroid dienone is 2. The lowest BCUT2D eigenvalue weighted by atomic mass is 9.63. The number of carbonyl (C=O) groups is 3. The van der Waals surface area contributed by atoms with Crippen LogP contribution in [-0.2, 0) is 14.4 Å². The quantitative estimate of drug-likeness (QED) is 0.547. The molecule has 1 aromatic rings. The average molecular weight is 428 g/mol. The Bertz CT molecular complexity index is 877. The van der Waals surface area contributed by atoms with E-state index in [1.54, 1.807) is 0 Å². The van der Waals surface area contributed by atoms with E-state index in [4.69, 9.17) is 11.6 Å². The van der Waals surface area contributed by atoms with Gasteiger partial charge in [0.25, 0.3) is 0 Å². The molecule has 0 N–H and O–H groups in total. The molecule has 2 heterocycles. The smallest absolute Gasteiger partial charge is 0.233 e. The van der Waals surface area contributed by atoms with Crippen LogP contribution in [0.1, 0.15) is 19.3 Å². The summed E-state index contributed by atoms with van der Waals surface area (Å²) in [6.07, 6.45) is 6.42. The largest absolute Gasteiger partial charge is 0.367 e.